The molecule has 1 aromatic rings. The number of hydrogen-bond donors (Lipinski definition) is 0. The molecule has 0 saturated heterocycles. The van der Waals surface area contributed by atoms with E-state index in [2.05, 4.69) is 4.98 Å². The summed E-state index contributed by atoms with van der Waals surface area (Å²) < 4.78 is 109. The smallest absolute Gasteiger partial charge is 0.264 e. The molecule has 0 aromatic carbocycles. The van der Waals surface area contributed by atoms with Crippen molar-refractivity contribution in [1.82, 2.24) is 4.98 Å². The van der Waals surface area contributed by atoms with Crippen LogP contribution in [0.25, 0.3) is 0 Å². The van der Waals surface area contributed by atoms with E-state index in [9.17, 15) is 43.2 Å². The van der Waals surface area contributed by atoms with Gasteiger partial charge in [-0.1, -0.05) is 6.07 Å². The molecule has 128 valence electrons. The second-order valence-corrected chi connectivity index (χ2v) is 10.5. The number of pyridine rings is 1. The zero-order chi connectivity index (χ0) is 17.8. The highest BCUT2D eigenvalue weighted by Crippen LogP contribution is 2.42. The molecule has 0 saturated carbocycles. The van der Waals surface area contributed by atoms with Gasteiger partial charge < -0.3 is 0 Å². The summed E-state index contributed by atoms with van der Waals surface area (Å²) in [6.07, 6.45) is 3.60. The Morgan fingerprint density at radius 3 is 1.55 bits per heavy atom. The van der Waals surface area contributed by atoms with Crippen LogP contribution in [0.1, 0.15) is 5.56 Å². The van der Waals surface area contributed by atoms with Gasteiger partial charge in [-0.25, -0.2) is 16.8 Å². The quantitative estimate of drug-likeness (QED) is 0.570. The molecular weight excluding hydrogens is 384 g/mol. The molecule has 0 unspecified atom stereocenters. The fraction of sp³-hybridized carbons (Fsp3) is 0.375. The maximum absolute atomic E-state index is 11.5. The van der Waals surface area contributed by atoms with E-state index in [0.29, 0.717) is 0 Å². The molecule has 0 spiro atoms. The van der Waals surface area contributed by atoms with E-state index >= 15 is 0 Å². The Morgan fingerprint density at radius 2 is 1.36 bits per heavy atom. The largest absolute Gasteiger partial charge is 0.508 e. The predicted molar refractivity (Wildman–Crippen MR) is 66.5 cm³/mol. The van der Waals surface area contributed by atoms with Crippen molar-refractivity contribution in [2.45, 2.75) is 17.9 Å². The summed E-state index contributed by atoms with van der Waals surface area (Å²) in [4.78, 5) is 3.88. The summed E-state index contributed by atoms with van der Waals surface area (Å²) >= 11 is 0. The summed E-state index contributed by atoms with van der Waals surface area (Å²) in [6, 6.07) is 3.95. The molecule has 0 aliphatic rings. The summed E-state index contributed by atoms with van der Waals surface area (Å²) in [6.45, 7) is 2.02. The van der Waals surface area contributed by atoms with E-state index in [4.69, 9.17) is 0 Å². The second kappa shape index (κ2) is 7.04. The fourth-order valence-electron chi connectivity index (χ4n) is 0.643. The van der Waals surface area contributed by atoms with Crippen LogP contribution in [0.2, 0.25) is 0 Å². The van der Waals surface area contributed by atoms with Gasteiger partial charge in [-0.2, -0.15) is 26.3 Å². The third-order valence-electron chi connectivity index (χ3n) is 1.56. The molecule has 0 radical (unpaired) electrons. The van der Waals surface area contributed by atoms with Crippen LogP contribution in [0.5, 0.6) is 0 Å². The van der Waals surface area contributed by atoms with E-state index in [1.807, 2.05) is 25.3 Å². The lowest BCUT2D eigenvalue weighted by molar-refractivity contribution is -0.0414. The molecule has 5 nitrogen and oxygen atoms in total. The number of hydrogen-bond acceptors (Lipinski definition) is 6. The van der Waals surface area contributed by atoms with Crippen molar-refractivity contribution in [2.24, 2.45) is 0 Å². The number of halogens is 6. The van der Waals surface area contributed by atoms with Crippen LogP contribution in [-0.4, -0.2) is 32.8 Å². The van der Waals surface area contributed by atoms with Gasteiger partial charge in [0.05, 0.1) is 0 Å². The molecule has 22 heavy (non-hydrogen) atoms. The molecule has 0 aliphatic carbocycles. The predicted octanol–water partition coefficient (Wildman–Crippen LogP) is 2.81. The van der Waals surface area contributed by atoms with Gasteiger partial charge in [0.25, 0.3) is 0 Å². The standard InChI is InChI=1S/C6H7N.C2F6O4S3/c1-6-3-2-4-7-5-6;3-1(4,5)14(9,10)13-15(11,12)2(6,7)8/h2-5H,1H3;. The Bertz CT molecular complexity index is 639. The van der Waals surface area contributed by atoms with Gasteiger partial charge in [0.1, 0.15) is 9.83 Å². The molecule has 14 heteroatoms. The Balaban J connectivity index is 0.000000518. The fourth-order valence-corrected chi connectivity index (χ4v) is 5.72. The number of aryl methyl sites for hydroxylation is 1. The van der Waals surface area contributed by atoms with Crippen molar-refractivity contribution in [3.05, 3.63) is 30.1 Å². The van der Waals surface area contributed by atoms with Gasteiger partial charge in [-0.15, -0.1) is 0 Å². The molecule has 1 rings (SSSR count). The SMILES string of the molecule is Cc1cccnc1.O=S(=O)(SS(=O)(=O)C(F)(F)F)C(F)(F)F. The lowest BCUT2D eigenvalue weighted by atomic mass is 10.3. The molecule has 0 aliphatic heterocycles. The average Bonchev–Trinajstić information content (AvgIpc) is 2.26. The van der Waals surface area contributed by atoms with Gasteiger partial charge in [-0.05, 0) is 18.6 Å². The normalized spacial score (nSPS) is 13.2. The highest BCUT2D eigenvalue weighted by atomic mass is 33.5. The monoisotopic (exact) mass is 391 g/mol. The maximum Gasteiger partial charge on any atom is 0.508 e. The molecule has 0 bridgehead atoms. The van der Waals surface area contributed by atoms with Crippen molar-refractivity contribution in [3.63, 3.8) is 0 Å². The van der Waals surface area contributed by atoms with Crippen LogP contribution in [0.3, 0.4) is 0 Å². The Labute approximate surface area is 124 Å². The van der Waals surface area contributed by atoms with E-state index in [1.165, 1.54) is 5.56 Å². The maximum atomic E-state index is 11.5. The topological polar surface area (TPSA) is 81.2 Å². The Kier molecular flexibility index (Phi) is 6.71. The lowest BCUT2D eigenvalue weighted by Gasteiger charge is -2.08. The molecule has 0 amide bonds. The zero-order valence-corrected chi connectivity index (χ0v) is 12.8. The van der Waals surface area contributed by atoms with Crippen LogP contribution in [-0.2, 0) is 17.7 Å². The van der Waals surface area contributed by atoms with Crippen LogP contribution in [0.15, 0.2) is 24.5 Å². The molecular formula is C8H7F6NO4S3. The van der Waals surface area contributed by atoms with Crippen molar-refractivity contribution in [2.75, 3.05) is 0 Å². The van der Waals surface area contributed by atoms with E-state index < -0.39 is 38.6 Å². The summed E-state index contributed by atoms with van der Waals surface area (Å²) in [7, 11) is -15.0. The van der Waals surface area contributed by atoms with Gasteiger partial charge in [0, 0.05) is 12.4 Å². The van der Waals surface area contributed by atoms with Crippen molar-refractivity contribution in [3.8, 4) is 0 Å². The Hall–Kier alpha value is -1.02. The minimum absolute atomic E-state index is 1.21. The number of alkyl halides is 6. The molecule has 0 fully saturated rings. The molecule has 0 N–H and O–H groups in total. The van der Waals surface area contributed by atoms with Crippen LogP contribution < -0.4 is 0 Å². The average molecular weight is 391 g/mol. The second-order valence-electron chi connectivity index (χ2n) is 3.40. The lowest BCUT2D eigenvalue weighted by Crippen LogP contribution is -2.26. The number of aromatic nitrogens is 1. The van der Waals surface area contributed by atoms with E-state index in [-0.39, 0.29) is 0 Å². The third kappa shape index (κ3) is 6.39. The summed E-state index contributed by atoms with van der Waals surface area (Å²) in [5.74, 6) is 0. The first-order chi connectivity index (χ1) is 9.60. The van der Waals surface area contributed by atoms with Crippen LogP contribution >= 0.6 is 9.83 Å². The minimum Gasteiger partial charge on any atom is -0.264 e. The van der Waals surface area contributed by atoms with E-state index in [0.717, 1.165) is 0 Å². The highest BCUT2D eigenvalue weighted by molar-refractivity contribution is 9.04. The molecule has 0 atom stereocenters. The van der Waals surface area contributed by atoms with Crippen LogP contribution in [0, 0.1) is 6.92 Å². The van der Waals surface area contributed by atoms with E-state index in [1.54, 1.807) is 6.20 Å². The van der Waals surface area contributed by atoms with Crippen LogP contribution in [0.4, 0.5) is 26.3 Å². The number of nitrogens with zero attached hydrogens (tertiary/aromatic N) is 1. The zero-order valence-electron chi connectivity index (χ0n) is 10.4. The summed E-state index contributed by atoms with van der Waals surface area (Å²) in [5.41, 5.74) is -10.9. The summed E-state index contributed by atoms with van der Waals surface area (Å²) in [5, 5.41) is 0. The van der Waals surface area contributed by atoms with Gasteiger partial charge in [-0.3, -0.25) is 4.98 Å². The van der Waals surface area contributed by atoms with Crippen molar-refractivity contribution in [1.29, 1.82) is 0 Å². The minimum atomic E-state index is -6.43. The molecule has 1 heterocycles. The molecule has 1 aromatic heterocycles. The highest BCUT2D eigenvalue weighted by Gasteiger charge is 2.56. The van der Waals surface area contributed by atoms with Gasteiger partial charge in [0.15, 0.2) is 0 Å². The van der Waals surface area contributed by atoms with Gasteiger partial charge >= 0.3 is 28.8 Å². The van der Waals surface area contributed by atoms with Gasteiger partial charge in [0.2, 0.25) is 0 Å². The first-order valence-corrected chi connectivity index (χ1v) is 9.62. The first kappa shape index (κ1) is 21.0. The Morgan fingerprint density at radius 1 is 0.955 bits per heavy atom. The van der Waals surface area contributed by atoms with Crippen molar-refractivity contribution >= 4 is 27.6 Å². The third-order valence-corrected chi connectivity index (χ3v) is 8.48. The van der Waals surface area contributed by atoms with Crippen molar-refractivity contribution < 1.29 is 43.2 Å². The first-order valence-electron chi connectivity index (χ1n) is 4.80. The number of rotatable bonds is 2.